The minimum absolute atomic E-state index is 0.106. The highest BCUT2D eigenvalue weighted by Crippen LogP contribution is 2.13. The van der Waals surface area contributed by atoms with Crippen LogP contribution >= 0.6 is 0 Å². The van der Waals surface area contributed by atoms with Crippen LogP contribution in [0.4, 0.5) is 0 Å². The SMILES string of the molecule is COC(=O)c1ccc(CN(CCc2ccc(CN3CCN(S(C)(=O)=O)CC3)cc2)S(=O)[O-])nc1. The molecule has 10 nitrogen and oxygen atoms in total. The van der Waals surface area contributed by atoms with Crippen LogP contribution in [0, 0.1) is 0 Å². The van der Waals surface area contributed by atoms with Crippen molar-refractivity contribution in [2.75, 3.05) is 46.1 Å². The molecule has 1 fully saturated rings. The van der Waals surface area contributed by atoms with Crippen molar-refractivity contribution in [2.45, 2.75) is 19.5 Å². The number of aromatic nitrogens is 1. The van der Waals surface area contributed by atoms with Crippen molar-refractivity contribution in [3.63, 3.8) is 0 Å². The van der Waals surface area contributed by atoms with E-state index < -0.39 is 27.3 Å². The molecule has 12 heteroatoms. The maximum Gasteiger partial charge on any atom is 0.339 e. The van der Waals surface area contributed by atoms with Crippen molar-refractivity contribution in [1.82, 2.24) is 18.5 Å². The molecular formula is C22H29N4O6S2-. The van der Waals surface area contributed by atoms with E-state index in [1.807, 2.05) is 24.3 Å². The third-order valence-electron chi connectivity index (χ3n) is 5.67. The molecule has 1 aliphatic heterocycles. The van der Waals surface area contributed by atoms with E-state index in [-0.39, 0.29) is 6.54 Å². The molecule has 34 heavy (non-hydrogen) atoms. The van der Waals surface area contributed by atoms with Gasteiger partial charge in [0.15, 0.2) is 0 Å². The molecule has 1 saturated heterocycles. The molecule has 2 heterocycles. The molecule has 0 aliphatic carbocycles. The van der Waals surface area contributed by atoms with Crippen molar-refractivity contribution in [3.8, 4) is 0 Å². The monoisotopic (exact) mass is 509 g/mol. The number of nitrogens with zero attached hydrogens (tertiary/aromatic N) is 4. The third-order valence-corrected chi connectivity index (χ3v) is 7.71. The first-order valence-corrected chi connectivity index (χ1v) is 13.7. The molecule has 2 aromatic rings. The first kappa shape index (κ1) is 26.4. The molecule has 186 valence electrons. The maximum atomic E-state index is 11.7. The number of hydrogen-bond donors (Lipinski definition) is 0. The third kappa shape index (κ3) is 7.65. The van der Waals surface area contributed by atoms with Gasteiger partial charge in [-0.2, -0.15) is 4.31 Å². The largest absolute Gasteiger partial charge is 0.760 e. The van der Waals surface area contributed by atoms with E-state index in [0.717, 1.165) is 17.7 Å². The summed E-state index contributed by atoms with van der Waals surface area (Å²) in [6.07, 6.45) is 3.15. The fraction of sp³-hybridized carbons (Fsp3) is 0.455. The Kier molecular flexibility index (Phi) is 9.28. The second-order valence-electron chi connectivity index (χ2n) is 8.12. The topological polar surface area (TPSA) is 123 Å². The number of ether oxygens (including phenoxy) is 1. The number of rotatable bonds is 10. The minimum atomic E-state index is -3.14. The van der Waals surface area contributed by atoms with Gasteiger partial charge in [0.25, 0.3) is 0 Å². The molecule has 1 aromatic carbocycles. The van der Waals surface area contributed by atoms with Gasteiger partial charge in [0.05, 0.1) is 31.2 Å². The molecule has 3 rings (SSSR count). The van der Waals surface area contributed by atoms with Gasteiger partial charge in [-0.05, 0) is 29.7 Å². The normalized spacial score (nSPS) is 16.5. The summed E-state index contributed by atoms with van der Waals surface area (Å²) in [6.45, 7) is 3.51. The molecule has 1 aromatic heterocycles. The zero-order chi connectivity index (χ0) is 24.7. The number of pyridine rings is 1. The lowest BCUT2D eigenvalue weighted by molar-refractivity contribution is 0.0600. The lowest BCUT2D eigenvalue weighted by Crippen LogP contribution is -2.47. The average Bonchev–Trinajstić information content (AvgIpc) is 2.82. The van der Waals surface area contributed by atoms with Gasteiger partial charge in [-0.1, -0.05) is 24.3 Å². The van der Waals surface area contributed by atoms with Gasteiger partial charge < -0.3 is 9.29 Å². The quantitative estimate of drug-likeness (QED) is 0.340. The van der Waals surface area contributed by atoms with Gasteiger partial charge in [-0.25, -0.2) is 17.5 Å². The maximum absolute atomic E-state index is 11.7. The Hall–Kier alpha value is -2.22. The first-order valence-electron chi connectivity index (χ1n) is 10.8. The Balaban J connectivity index is 1.50. The molecule has 0 saturated carbocycles. The number of carbonyl (C=O) groups is 1. The van der Waals surface area contributed by atoms with Crippen molar-refractivity contribution in [1.29, 1.82) is 0 Å². The van der Waals surface area contributed by atoms with E-state index in [1.54, 1.807) is 12.1 Å². The highest BCUT2D eigenvalue weighted by Gasteiger charge is 2.23. The Morgan fingerprint density at radius 1 is 1.12 bits per heavy atom. The molecule has 0 bridgehead atoms. The molecule has 0 amide bonds. The summed E-state index contributed by atoms with van der Waals surface area (Å²) in [7, 11) is -1.85. The molecular weight excluding hydrogens is 480 g/mol. The summed E-state index contributed by atoms with van der Waals surface area (Å²) in [5.41, 5.74) is 2.97. The number of methoxy groups -OCH3 is 1. The highest BCUT2D eigenvalue weighted by molar-refractivity contribution is 7.88. The van der Waals surface area contributed by atoms with E-state index >= 15 is 0 Å². The van der Waals surface area contributed by atoms with Crippen LogP contribution in [0.2, 0.25) is 0 Å². The number of sulfonamides is 1. The summed E-state index contributed by atoms with van der Waals surface area (Å²) in [6, 6.07) is 11.2. The van der Waals surface area contributed by atoms with E-state index in [1.165, 1.54) is 28.2 Å². The lowest BCUT2D eigenvalue weighted by atomic mass is 10.1. The molecule has 1 unspecified atom stereocenters. The van der Waals surface area contributed by atoms with Crippen LogP contribution < -0.4 is 0 Å². The number of esters is 1. The Morgan fingerprint density at radius 2 is 1.76 bits per heavy atom. The minimum Gasteiger partial charge on any atom is -0.760 e. The summed E-state index contributed by atoms with van der Waals surface area (Å²) < 4.78 is 54.1. The van der Waals surface area contributed by atoms with Gasteiger partial charge in [-0.3, -0.25) is 14.1 Å². The fourth-order valence-electron chi connectivity index (χ4n) is 3.69. The van der Waals surface area contributed by atoms with Crippen molar-refractivity contribution >= 4 is 27.3 Å². The van der Waals surface area contributed by atoms with Gasteiger partial charge >= 0.3 is 5.97 Å². The zero-order valence-electron chi connectivity index (χ0n) is 19.3. The van der Waals surface area contributed by atoms with Crippen LogP contribution in [-0.4, -0.2) is 87.7 Å². The highest BCUT2D eigenvalue weighted by atomic mass is 32.2. The summed E-state index contributed by atoms with van der Waals surface area (Å²) in [4.78, 5) is 17.9. The van der Waals surface area contributed by atoms with E-state index in [4.69, 9.17) is 0 Å². The van der Waals surface area contributed by atoms with E-state index in [9.17, 15) is 22.0 Å². The summed E-state index contributed by atoms with van der Waals surface area (Å²) in [5, 5.41) is 0. The molecule has 1 atom stereocenters. The van der Waals surface area contributed by atoms with Crippen LogP contribution in [0.5, 0.6) is 0 Å². The number of piperazine rings is 1. The number of hydrogen-bond acceptors (Lipinski definition) is 8. The van der Waals surface area contributed by atoms with Crippen LogP contribution in [-0.2, 0) is 45.5 Å². The molecule has 0 N–H and O–H groups in total. The summed E-state index contributed by atoms with van der Waals surface area (Å²) >= 11 is -2.41. The predicted octanol–water partition coefficient (Wildman–Crippen LogP) is 0.784. The fourth-order valence-corrected chi connectivity index (χ4v) is 4.99. The number of benzene rings is 1. The van der Waals surface area contributed by atoms with E-state index in [2.05, 4.69) is 14.6 Å². The Labute approximate surface area is 203 Å². The summed E-state index contributed by atoms with van der Waals surface area (Å²) in [5.74, 6) is -0.497. The van der Waals surface area contributed by atoms with Crippen LogP contribution in [0.25, 0.3) is 0 Å². The van der Waals surface area contributed by atoms with Crippen molar-refractivity contribution in [3.05, 3.63) is 65.0 Å². The second-order valence-corrected chi connectivity index (χ2v) is 11.0. The number of carbonyl (C=O) groups excluding carboxylic acids is 1. The standard InChI is InChI=1S/C22H30N4O6S2/c1-32-22(27)20-7-8-21(23-15-20)17-25(33(28)29)10-9-18-3-5-19(6-4-18)16-24-11-13-26(14-12-24)34(2,30)31/h3-8,15H,9-14,16-17H2,1-2H3,(H,28,29)/p-1. The molecule has 1 aliphatic rings. The van der Waals surface area contributed by atoms with Gasteiger partial charge in [0, 0.05) is 56.7 Å². The lowest BCUT2D eigenvalue weighted by Gasteiger charge is -2.33. The Bertz CT molecular complexity index is 1090. The predicted molar refractivity (Wildman–Crippen MR) is 127 cm³/mol. The molecule has 0 radical (unpaired) electrons. The molecule has 0 spiro atoms. The van der Waals surface area contributed by atoms with Gasteiger partial charge in [0.1, 0.15) is 0 Å². The van der Waals surface area contributed by atoms with Crippen LogP contribution in [0.1, 0.15) is 27.2 Å². The van der Waals surface area contributed by atoms with E-state index in [0.29, 0.717) is 50.4 Å². The smallest absolute Gasteiger partial charge is 0.339 e. The van der Waals surface area contributed by atoms with Crippen molar-refractivity contribution in [2.24, 2.45) is 0 Å². The van der Waals surface area contributed by atoms with Crippen LogP contribution in [0.15, 0.2) is 42.6 Å². The van der Waals surface area contributed by atoms with Crippen LogP contribution in [0.3, 0.4) is 0 Å². The van der Waals surface area contributed by atoms with Gasteiger partial charge in [-0.15, -0.1) is 0 Å². The van der Waals surface area contributed by atoms with Gasteiger partial charge in [0.2, 0.25) is 10.0 Å². The zero-order valence-corrected chi connectivity index (χ0v) is 20.9. The average molecular weight is 510 g/mol. The first-order chi connectivity index (χ1) is 16.2. The van der Waals surface area contributed by atoms with Crippen molar-refractivity contribution < 1.29 is 26.7 Å². The Morgan fingerprint density at radius 3 is 2.29 bits per heavy atom. The second kappa shape index (κ2) is 12.0.